The van der Waals surface area contributed by atoms with Gasteiger partial charge in [0.15, 0.2) is 5.13 Å². The fourth-order valence-electron chi connectivity index (χ4n) is 2.78. The van der Waals surface area contributed by atoms with E-state index in [4.69, 9.17) is 0 Å². The number of benzene rings is 1. The second-order valence-electron chi connectivity index (χ2n) is 5.97. The van der Waals surface area contributed by atoms with E-state index < -0.39 is 12.1 Å². The Morgan fingerprint density at radius 2 is 2.00 bits per heavy atom. The molecule has 3 aromatic rings. The van der Waals surface area contributed by atoms with Crippen LogP contribution < -0.4 is 5.32 Å². The topological polar surface area (TPSA) is 67.8 Å². The first-order chi connectivity index (χ1) is 11.5. The molecule has 1 amide bonds. The molecule has 24 heavy (non-hydrogen) atoms. The standard InChI is InChI=1S/C17H15FN4OS/c1-8-15(9(2)20-7-19-8)10-3-4-13-14(5-10)24-17(21-13)22-16(23)11-6-12(11)18/h3-5,7,11-12H,6H2,1-2H3,(H,21,22,23). The van der Waals surface area contributed by atoms with Crippen molar-refractivity contribution in [2.75, 3.05) is 5.32 Å². The number of fused-ring (bicyclic) bond motifs is 1. The average molecular weight is 342 g/mol. The van der Waals surface area contributed by atoms with Crippen LogP contribution in [-0.4, -0.2) is 27.0 Å². The summed E-state index contributed by atoms with van der Waals surface area (Å²) in [5.41, 5.74) is 4.67. The number of aromatic nitrogens is 3. The number of nitrogens with zero attached hydrogens (tertiary/aromatic N) is 3. The predicted molar refractivity (Wildman–Crippen MR) is 91.8 cm³/mol. The van der Waals surface area contributed by atoms with E-state index in [0.717, 1.165) is 32.7 Å². The number of anilines is 1. The van der Waals surface area contributed by atoms with E-state index in [1.165, 1.54) is 11.3 Å². The van der Waals surface area contributed by atoms with E-state index in [-0.39, 0.29) is 5.91 Å². The Morgan fingerprint density at radius 1 is 1.29 bits per heavy atom. The summed E-state index contributed by atoms with van der Waals surface area (Å²) in [6.45, 7) is 3.91. The number of aryl methyl sites for hydroxylation is 2. The van der Waals surface area contributed by atoms with Gasteiger partial charge >= 0.3 is 0 Å². The first-order valence-electron chi connectivity index (χ1n) is 7.67. The summed E-state index contributed by atoms with van der Waals surface area (Å²) in [5.74, 6) is -0.802. The summed E-state index contributed by atoms with van der Waals surface area (Å²) in [6.07, 6.45) is 0.867. The lowest BCUT2D eigenvalue weighted by Gasteiger charge is -2.07. The Balaban J connectivity index is 1.67. The zero-order chi connectivity index (χ0) is 16.8. The van der Waals surface area contributed by atoms with Gasteiger partial charge in [0.25, 0.3) is 0 Å². The molecule has 0 aliphatic heterocycles. The van der Waals surface area contributed by atoms with Gasteiger partial charge in [-0.25, -0.2) is 19.3 Å². The van der Waals surface area contributed by atoms with Crippen molar-refractivity contribution in [3.63, 3.8) is 0 Å². The molecule has 2 aromatic heterocycles. The number of thiazole rings is 1. The Morgan fingerprint density at radius 3 is 2.67 bits per heavy atom. The van der Waals surface area contributed by atoms with Crippen molar-refractivity contribution in [1.82, 2.24) is 15.0 Å². The number of rotatable bonds is 3. The summed E-state index contributed by atoms with van der Waals surface area (Å²) in [4.78, 5) is 24.8. The van der Waals surface area contributed by atoms with Crippen LogP contribution in [0.2, 0.25) is 0 Å². The van der Waals surface area contributed by atoms with Crippen LogP contribution in [0.3, 0.4) is 0 Å². The summed E-state index contributed by atoms with van der Waals surface area (Å²) in [5, 5.41) is 3.21. The van der Waals surface area contributed by atoms with Gasteiger partial charge in [-0.05, 0) is 38.0 Å². The summed E-state index contributed by atoms with van der Waals surface area (Å²) < 4.78 is 13.9. The van der Waals surface area contributed by atoms with Gasteiger partial charge in [-0.15, -0.1) is 0 Å². The lowest BCUT2D eigenvalue weighted by Crippen LogP contribution is -2.14. The highest BCUT2D eigenvalue weighted by atomic mass is 32.1. The molecule has 1 aromatic carbocycles. The number of nitrogens with one attached hydrogen (secondary N) is 1. The largest absolute Gasteiger partial charge is 0.302 e. The zero-order valence-corrected chi connectivity index (χ0v) is 14.0. The molecule has 1 aliphatic carbocycles. The van der Waals surface area contributed by atoms with Gasteiger partial charge in [-0.2, -0.15) is 0 Å². The minimum Gasteiger partial charge on any atom is -0.302 e. The van der Waals surface area contributed by atoms with E-state index in [9.17, 15) is 9.18 Å². The molecule has 0 spiro atoms. The second kappa shape index (κ2) is 5.59. The van der Waals surface area contributed by atoms with E-state index in [2.05, 4.69) is 20.3 Å². The third kappa shape index (κ3) is 2.65. The van der Waals surface area contributed by atoms with E-state index in [0.29, 0.717) is 11.6 Å². The highest BCUT2D eigenvalue weighted by Crippen LogP contribution is 2.36. The fourth-order valence-corrected chi connectivity index (χ4v) is 3.69. The van der Waals surface area contributed by atoms with Crippen LogP contribution in [0.25, 0.3) is 21.3 Å². The molecular weight excluding hydrogens is 327 g/mol. The minimum atomic E-state index is -1.00. The van der Waals surface area contributed by atoms with E-state index in [1.54, 1.807) is 6.33 Å². The Hall–Kier alpha value is -2.41. The van der Waals surface area contributed by atoms with Crippen LogP contribution in [0.5, 0.6) is 0 Å². The summed E-state index contributed by atoms with van der Waals surface area (Å²) >= 11 is 1.39. The maximum Gasteiger partial charge on any atom is 0.232 e. The number of carbonyl (C=O) groups excluding carboxylic acids is 1. The van der Waals surface area contributed by atoms with E-state index >= 15 is 0 Å². The number of alkyl halides is 1. The first-order valence-corrected chi connectivity index (χ1v) is 8.48. The van der Waals surface area contributed by atoms with Crippen LogP contribution in [0.1, 0.15) is 17.8 Å². The maximum atomic E-state index is 13.0. The molecule has 5 nitrogen and oxygen atoms in total. The molecule has 122 valence electrons. The molecule has 1 aliphatic rings. The molecule has 0 bridgehead atoms. The smallest absolute Gasteiger partial charge is 0.232 e. The second-order valence-corrected chi connectivity index (χ2v) is 7.00. The lowest BCUT2D eigenvalue weighted by molar-refractivity contribution is -0.117. The number of carbonyl (C=O) groups is 1. The third-order valence-electron chi connectivity index (χ3n) is 4.18. The van der Waals surface area contributed by atoms with Gasteiger partial charge < -0.3 is 5.32 Å². The molecule has 0 radical (unpaired) electrons. The quantitative estimate of drug-likeness (QED) is 0.789. The lowest BCUT2D eigenvalue weighted by atomic mass is 10.0. The van der Waals surface area contributed by atoms with Gasteiger partial charge in [-0.1, -0.05) is 17.4 Å². The molecule has 4 rings (SSSR count). The molecule has 1 fully saturated rings. The van der Waals surface area contributed by atoms with Crippen molar-refractivity contribution in [2.45, 2.75) is 26.4 Å². The number of hydrogen-bond acceptors (Lipinski definition) is 5. The third-order valence-corrected chi connectivity index (χ3v) is 5.12. The number of hydrogen-bond donors (Lipinski definition) is 1. The van der Waals surface area contributed by atoms with Crippen molar-refractivity contribution in [2.24, 2.45) is 5.92 Å². The molecule has 0 saturated heterocycles. The van der Waals surface area contributed by atoms with Gasteiger partial charge in [0.1, 0.15) is 12.5 Å². The molecule has 1 saturated carbocycles. The Kier molecular flexibility index (Phi) is 3.53. The average Bonchev–Trinajstić information content (AvgIpc) is 3.13. The van der Waals surface area contributed by atoms with E-state index in [1.807, 2.05) is 32.0 Å². The summed E-state index contributed by atoms with van der Waals surface area (Å²) in [6, 6.07) is 5.92. The molecule has 1 N–H and O–H groups in total. The normalized spacial score (nSPS) is 19.5. The Labute approximate surface area is 142 Å². The van der Waals surface area contributed by atoms with Crippen molar-refractivity contribution in [3.8, 4) is 11.1 Å². The predicted octanol–water partition coefficient (Wildman–Crippen LogP) is 3.67. The van der Waals surface area contributed by atoms with Crippen LogP contribution in [0, 0.1) is 19.8 Å². The van der Waals surface area contributed by atoms with Gasteiger partial charge in [0, 0.05) is 17.0 Å². The molecule has 7 heteroatoms. The van der Waals surface area contributed by atoms with Crippen LogP contribution in [-0.2, 0) is 4.79 Å². The minimum absolute atomic E-state index is 0.287. The number of amides is 1. The van der Waals surface area contributed by atoms with Gasteiger partial charge in [0.2, 0.25) is 5.91 Å². The molecule has 2 unspecified atom stereocenters. The monoisotopic (exact) mass is 342 g/mol. The molecule has 2 atom stereocenters. The molecule has 2 heterocycles. The van der Waals surface area contributed by atoms with Crippen molar-refractivity contribution in [1.29, 1.82) is 0 Å². The number of halogens is 1. The Bertz CT molecular complexity index is 935. The molecular formula is C17H15FN4OS. The van der Waals surface area contributed by atoms with Gasteiger partial charge in [0.05, 0.1) is 16.1 Å². The van der Waals surface area contributed by atoms with Crippen molar-refractivity contribution >= 4 is 32.6 Å². The van der Waals surface area contributed by atoms with Gasteiger partial charge in [-0.3, -0.25) is 4.79 Å². The van der Waals surface area contributed by atoms with Crippen LogP contribution in [0.4, 0.5) is 9.52 Å². The highest BCUT2D eigenvalue weighted by Gasteiger charge is 2.43. The van der Waals surface area contributed by atoms with Crippen LogP contribution in [0.15, 0.2) is 24.5 Å². The highest BCUT2D eigenvalue weighted by molar-refractivity contribution is 7.22. The maximum absolute atomic E-state index is 13.0. The van der Waals surface area contributed by atoms with Crippen molar-refractivity contribution in [3.05, 3.63) is 35.9 Å². The van der Waals surface area contributed by atoms with Crippen molar-refractivity contribution < 1.29 is 9.18 Å². The zero-order valence-electron chi connectivity index (χ0n) is 13.2. The SMILES string of the molecule is Cc1ncnc(C)c1-c1ccc2nc(NC(=O)C3CC3F)sc2c1. The summed E-state index contributed by atoms with van der Waals surface area (Å²) in [7, 11) is 0. The fraction of sp³-hybridized carbons (Fsp3) is 0.294. The van der Waals surface area contributed by atoms with Crippen LogP contribution >= 0.6 is 11.3 Å². The first kappa shape index (κ1) is 15.1.